The second-order valence-corrected chi connectivity index (χ2v) is 7.82. The number of hydrogen-bond donors (Lipinski definition) is 1. The molecule has 1 aliphatic carbocycles. The van der Waals surface area contributed by atoms with Crippen LogP contribution in [-0.4, -0.2) is 23.5 Å². The molecule has 1 unspecified atom stereocenters. The van der Waals surface area contributed by atoms with Crippen molar-refractivity contribution in [3.8, 4) is 0 Å². The van der Waals surface area contributed by atoms with Crippen LogP contribution in [0.1, 0.15) is 53.2 Å². The van der Waals surface area contributed by atoms with E-state index in [0.717, 1.165) is 23.4 Å². The minimum absolute atomic E-state index is 0.128. The van der Waals surface area contributed by atoms with Crippen molar-refractivity contribution in [3.63, 3.8) is 0 Å². The van der Waals surface area contributed by atoms with Crippen LogP contribution < -0.4 is 5.32 Å². The number of amides is 1. The molecule has 1 heterocycles. The summed E-state index contributed by atoms with van der Waals surface area (Å²) < 4.78 is 5.00. The quantitative estimate of drug-likeness (QED) is 0.608. The van der Waals surface area contributed by atoms with E-state index in [-0.39, 0.29) is 18.6 Å². The number of aryl methyl sites for hydroxylation is 3. The number of carbonyl (C=O) groups is 2. The largest absolute Gasteiger partial charge is 0.452 e. The highest BCUT2D eigenvalue weighted by Crippen LogP contribution is 2.24. The van der Waals surface area contributed by atoms with Crippen molar-refractivity contribution in [1.82, 2.24) is 10.3 Å². The van der Waals surface area contributed by atoms with Gasteiger partial charge in [-0.05, 0) is 62.3 Å². The number of fused-ring (bicyclic) bond motifs is 1. The summed E-state index contributed by atoms with van der Waals surface area (Å²) in [7, 11) is 0. The fourth-order valence-corrected chi connectivity index (χ4v) is 3.76. The summed E-state index contributed by atoms with van der Waals surface area (Å²) in [5, 5.41) is 5.67. The van der Waals surface area contributed by atoms with Crippen LogP contribution >= 0.6 is 11.3 Å². The molecule has 0 spiro atoms. The predicted octanol–water partition coefficient (Wildman–Crippen LogP) is 3.76. The first-order valence-corrected chi connectivity index (χ1v) is 10.1. The molecule has 0 radical (unpaired) electrons. The summed E-state index contributed by atoms with van der Waals surface area (Å²) in [4.78, 5) is 28.0. The molecule has 5 nitrogen and oxygen atoms in total. The van der Waals surface area contributed by atoms with Gasteiger partial charge in [0.25, 0.3) is 5.91 Å². The first-order chi connectivity index (χ1) is 13.0. The van der Waals surface area contributed by atoms with E-state index in [2.05, 4.69) is 28.5 Å². The lowest BCUT2D eigenvalue weighted by Crippen LogP contribution is -2.31. The van der Waals surface area contributed by atoms with E-state index in [1.807, 2.05) is 19.2 Å². The Labute approximate surface area is 163 Å². The maximum atomic E-state index is 12.1. The zero-order valence-corrected chi connectivity index (χ0v) is 16.5. The maximum Gasteiger partial charge on any atom is 0.331 e. The Morgan fingerprint density at radius 1 is 1.30 bits per heavy atom. The smallest absolute Gasteiger partial charge is 0.331 e. The van der Waals surface area contributed by atoms with Gasteiger partial charge in [-0.25, -0.2) is 9.78 Å². The summed E-state index contributed by atoms with van der Waals surface area (Å²) in [6.45, 7) is 3.54. The SMILES string of the molecule is Cc1nc(/C=C/C(=O)OCC(=O)NC(C)c2ccc3c(c2)CCCC3)cs1. The van der Waals surface area contributed by atoms with Crippen molar-refractivity contribution in [2.45, 2.75) is 45.6 Å². The number of carbonyl (C=O) groups excluding carboxylic acids is 2. The molecule has 1 amide bonds. The molecule has 2 aromatic rings. The van der Waals surface area contributed by atoms with E-state index in [9.17, 15) is 9.59 Å². The van der Waals surface area contributed by atoms with E-state index in [0.29, 0.717) is 5.69 Å². The molecule has 142 valence electrons. The normalized spacial score (nSPS) is 14.6. The van der Waals surface area contributed by atoms with Gasteiger partial charge in [-0.3, -0.25) is 4.79 Å². The van der Waals surface area contributed by atoms with Crippen LogP contribution in [0.3, 0.4) is 0 Å². The van der Waals surface area contributed by atoms with E-state index in [1.54, 1.807) is 6.08 Å². The van der Waals surface area contributed by atoms with Crippen molar-refractivity contribution in [2.24, 2.45) is 0 Å². The van der Waals surface area contributed by atoms with Gasteiger partial charge in [0.05, 0.1) is 16.7 Å². The molecular formula is C21H24N2O3S. The number of rotatable bonds is 6. The van der Waals surface area contributed by atoms with Gasteiger partial charge in [0, 0.05) is 11.5 Å². The first kappa shape index (κ1) is 19.3. The zero-order valence-electron chi connectivity index (χ0n) is 15.7. The van der Waals surface area contributed by atoms with Crippen LogP contribution in [0.4, 0.5) is 0 Å². The molecule has 0 saturated heterocycles. The third kappa shape index (κ3) is 5.50. The van der Waals surface area contributed by atoms with Gasteiger partial charge in [0.2, 0.25) is 0 Å². The number of benzene rings is 1. The van der Waals surface area contributed by atoms with Crippen molar-refractivity contribution >= 4 is 29.3 Å². The van der Waals surface area contributed by atoms with E-state index in [4.69, 9.17) is 4.74 Å². The highest BCUT2D eigenvalue weighted by molar-refractivity contribution is 7.09. The molecule has 27 heavy (non-hydrogen) atoms. The number of thiazole rings is 1. The van der Waals surface area contributed by atoms with Crippen LogP contribution in [0.5, 0.6) is 0 Å². The number of aromatic nitrogens is 1. The van der Waals surface area contributed by atoms with Crippen LogP contribution in [0, 0.1) is 6.92 Å². The lowest BCUT2D eigenvalue weighted by atomic mass is 9.89. The van der Waals surface area contributed by atoms with Crippen LogP contribution in [-0.2, 0) is 27.2 Å². The molecule has 3 rings (SSSR count). The monoisotopic (exact) mass is 384 g/mol. The summed E-state index contributed by atoms with van der Waals surface area (Å²) >= 11 is 1.51. The van der Waals surface area contributed by atoms with E-state index in [1.165, 1.54) is 41.4 Å². The molecule has 1 N–H and O–H groups in total. The number of esters is 1. The maximum absolute atomic E-state index is 12.1. The van der Waals surface area contributed by atoms with E-state index < -0.39 is 5.97 Å². The van der Waals surface area contributed by atoms with Crippen molar-refractivity contribution in [2.75, 3.05) is 6.61 Å². The standard InChI is InChI=1S/C21H24N2O3S/c1-14(17-8-7-16-5-3-4-6-18(16)11-17)22-20(24)12-26-21(25)10-9-19-13-27-15(2)23-19/h7-11,13-14H,3-6,12H2,1-2H3,(H,22,24)/b10-9+. The van der Waals surface area contributed by atoms with Crippen molar-refractivity contribution < 1.29 is 14.3 Å². The summed E-state index contributed by atoms with van der Waals surface area (Å²) in [6, 6.07) is 6.29. The van der Waals surface area contributed by atoms with Crippen LogP contribution in [0.25, 0.3) is 6.08 Å². The molecule has 0 aliphatic heterocycles. The third-order valence-corrected chi connectivity index (χ3v) is 5.41. The number of nitrogens with zero attached hydrogens (tertiary/aromatic N) is 1. The Morgan fingerprint density at radius 2 is 2.07 bits per heavy atom. The average Bonchev–Trinajstić information content (AvgIpc) is 3.09. The molecule has 1 atom stereocenters. The zero-order chi connectivity index (χ0) is 19.2. The highest BCUT2D eigenvalue weighted by Gasteiger charge is 2.14. The van der Waals surface area contributed by atoms with Crippen molar-refractivity contribution in [3.05, 3.63) is 57.0 Å². The molecule has 0 saturated carbocycles. The van der Waals surface area contributed by atoms with Gasteiger partial charge < -0.3 is 10.1 Å². The Kier molecular flexibility index (Phi) is 6.40. The van der Waals surface area contributed by atoms with E-state index >= 15 is 0 Å². The lowest BCUT2D eigenvalue weighted by molar-refractivity contribution is -0.144. The Balaban J connectivity index is 1.47. The lowest BCUT2D eigenvalue weighted by Gasteiger charge is -2.20. The average molecular weight is 385 g/mol. The molecule has 0 bridgehead atoms. The second-order valence-electron chi connectivity index (χ2n) is 6.76. The molecule has 1 aliphatic rings. The van der Waals surface area contributed by atoms with Crippen LogP contribution in [0.2, 0.25) is 0 Å². The third-order valence-electron chi connectivity index (χ3n) is 4.62. The highest BCUT2D eigenvalue weighted by atomic mass is 32.1. The molecule has 0 fully saturated rings. The van der Waals surface area contributed by atoms with Gasteiger partial charge in [-0.1, -0.05) is 18.2 Å². The minimum Gasteiger partial charge on any atom is -0.452 e. The molecule has 6 heteroatoms. The molecular weight excluding hydrogens is 360 g/mol. The summed E-state index contributed by atoms with van der Waals surface area (Å²) in [5.74, 6) is -0.872. The minimum atomic E-state index is -0.558. The van der Waals surface area contributed by atoms with Gasteiger partial charge in [0.15, 0.2) is 6.61 Å². The van der Waals surface area contributed by atoms with Gasteiger partial charge in [-0.15, -0.1) is 11.3 Å². The van der Waals surface area contributed by atoms with Gasteiger partial charge in [0.1, 0.15) is 0 Å². The molecule has 1 aromatic carbocycles. The van der Waals surface area contributed by atoms with Gasteiger partial charge >= 0.3 is 5.97 Å². The fourth-order valence-electron chi connectivity index (χ4n) is 3.18. The summed E-state index contributed by atoms with van der Waals surface area (Å²) in [5.41, 5.74) is 4.59. The fraction of sp³-hybridized carbons (Fsp3) is 0.381. The second kappa shape index (κ2) is 8.95. The number of ether oxygens (including phenoxy) is 1. The number of hydrogen-bond acceptors (Lipinski definition) is 5. The topological polar surface area (TPSA) is 68.3 Å². The van der Waals surface area contributed by atoms with Crippen LogP contribution in [0.15, 0.2) is 29.7 Å². The first-order valence-electron chi connectivity index (χ1n) is 9.19. The summed E-state index contributed by atoms with van der Waals surface area (Å²) in [6.07, 6.45) is 7.59. The Hall–Kier alpha value is -2.47. The van der Waals surface area contributed by atoms with Gasteiger partial charge in [-0.2, -0.15) is 0 Å². The van der Waals surface area contributed by atoms with Crippen molar-refractivity contribution in [1.29, 1.82) is 0 Å². The molecule has 1 aromatic heterocycles. The Bertz CT molecular complexity index is 857. The number of nitrogens with one attached hydrogen (secondary N) is 1. The predicted molar refractivity (Wildman–Crippen MR) is 106 cm³/mol. The Morgan fingerprint density at radius 3 is 2.81 bits per heavy atom.